The molecule has 0 aliphatic carbocycles. The van der Waals surface area contributed by atoms with Crippen molar-refractivity contribution in [1.82, 2.24) is 15.4 Å². The Morgan fingerprint density at radius 1 is 1.50 bits per heavy atom. The lowest BCUT2D eigenvalue weighted by atomic mass is 10.0. The Bertz CT molecular complexity index is 550. The average Bonchev–Trinajstić information content (AvgIpc) is 3.06. The quantitative estimate of drug-likeness (QED) is 0.541. The standard InChI is InChI=1S/C13H17N3O4/c1-8(9-6-11(20-7-9)13(18)15-19)14-12(17)10-4-3-5-16(10)2/h3-6,8-9,19H,7H2,1-2H3,(H,14,17)(H,15,18). The van der Waals surface area contributed by atoms with E-state index in [2.05, 4.69) is 5.32 Å². The molecule has 2 atom stereocenters. The molecule has 2 amide bonds. The van der Waals surface area contributed by atoms with Crippen molar-refractivity contribution >= 4 is 11.8 Å². The molecule has 0 spiro atoms. The highest BCUT2D eigenvalue weighted by molar-refractivity contribution is 5.93. The second-order valence-corrected chi connectivity index (χ2v) is 4.71. The Morgan fingerprint density at radius 2 is 2.25 bits per heavy atom. The third-order valence-electron chi connectivity index (χ3n) is 3.30. The molecule has 3 N–H and O–H groups in total. The first-order valence-electron chi connectivity index (χ1n) is 6.24. The Kier molecular flexibility index (Phi) is 4.09. The molecule has 0 saturated heterocycles. The number of carbonyl (C=O) groups excluding carboxylic acids is 2. The van der Waals surface area contributed by atoms with E-state index in [4.69, 9.17) is 9.94 Å². The van der Waals surface area contributed by atoms with Crippen LogP contribution in [0, 0.1) is 5.92 Å². The minimum atomic E-state index is -0.687. The van der Waals surface area contributed by atoms with E-state index in [0.29, 0.717) is 5.69 Å². The second-order valence-electron chi connectivity index (χ2n) is 4.71. The summed E-state index contributed by atoms with van der Waals surface area (Å²) < 4.78 is 6.90. The Hall–Kier alpha value is -2.28. The highest BCUT2D eigenvalue weighted by Crippen LogP contribution is 2.19. The molecule has 0 aromatic carbocycles. The van der Waals surface area contributed by atoms with Gasteiger partial charge in [0.25, 0.3) is 5.91 Å². The molecule has 0 bridgehead atoms. The van der Waals surface area contributed by atoms with Gasteiger partial charge in [-0.1, -0.05) is 0 Å². The molecule has 7 nitrogen and oxygen atoms in total. The molecule has 0 fully saturated rings. The van der Waals surface area contributed by atoms with Gasteiger partial charge in [-0.15, -0.1) is 0 Å². The fourth-order valence-electron chi connectivity index (χ4n) is 2.05. The van der Waals surface area contributed by atoms with Gasteiger partial charge in [0.05, 0.1) is 6.61 Å². The number of ether oxygens (including phenoxy) is 1. The molecule has 2 unspecified atom stereocenters. The van der Waals surface area contributed by atoms with Crippen molar-refractivity contribution < 1.29 is 19.5 Å². The minimum Gasteiger partial charge on any atom is -0.487 e. The summed E-state index contributed by atoms with van der Waals surface area (Å²) in [4.78, 5) is 23.2. The molecule has 2 rings (SSSR count). The van der Waals surface area contributed by atoms with E-state index >= 15 is 0 Å². The van der Waals surface area contributed by atoms with Gasteiger partial charge in [-0.3, -0.25) is 14.8 Å². The first-order chi connectivity index (χ1) is 9.52. The lowest BCUT2D eigenvalue weighted by Crippen LogP contribution is -2.38. The van der Waals surface area contributed by atoms with Crippen LogP contribution in [0.1, 0.15) is 17.4 Å². The normalized spacial score (nSPS) is 18.9. The SMILES string of the molecule is CC(NC(=O)c1cccn1C)C1C=C(C(=O)NO)OC1. The van der Waals surface area contributed by atoms with Gasteiger partial charge in [0.1, 0.15) is 5.69 Å². The number of hydrogen-bond acceptors (Lipinski definition) is 4. The zero-order valence-corrected chi connectivity index (χ0v) is 11.3. The molecular weight excluding hydrogens is 262 g/mol. The summed E-state index contributed by atoms with van der Waals surface area (Å²) in [7, 11) is 1.79. The largest absolute Gasteiger partial charge is 0.487 e. The van der Waals surface area contributed by atoms with E-state index in [9.17, 15) is 9.59 Å². The topological polar surface area (TPSA) is 92.6 Å². The summed E-state index contributed by atoms with van der Waals surface area (Å²) in [5.74, 6) is -0.920. The summed E-state index contributed by atoms with van der Waals surface area (Å²) in [6.45, 7) is 2.13. The molecule has 108 valence electrons. The van der Waals surface area contributed by atoms with Crippen molar-refractivity contribution in [2.45, 2.75) is 13.0 Å². The number of hydrogen-bond donors (Lipinski definition) is 3. The number of rotatable bonds is 4. The monoisotopic (exact) mass is 279 g/mol. The van der Waals surface area contributed by atoms with Crippen LogP contribution in [0.4, 0.5) is 0 Å². The zero-order chi connectivity index (χ0) is 14.7. The third-order valence-corrected chi connectivity index (χ3v) is 3.30. The predicted octanol–water partition coefficient (Wildman–Crippen LogP) is 0.179. The van der Waals surface area contributed by atoms with E-state index in [-0.39, 0.29) is 30.2 Å². The number of carbonyl (C=O) groups is 2. The van der Waals surface area contributed by atoms with Gasteiger partial charge in [0, 0.05) is 25.2 Å². The van der Waals surface area contributed by atoms with E-state index in [0.717, 1.165) is 0 Å². The molecule has 1 aromatic rings. The summed E-state index contributed by atoms with van der Waals surface area (Å²) in [5.41, 5.74) is 2.08. The lowest BCUT2D eigenvalue weighted by molar-refractivity contribution is -0.128. The van der Waals surface area contributed by atoms with Crippen LogP contribution < -0.4 is 10.8 Å². The summed E-state index contributed by atoms with van der Waals surface area (Å²) in [6.07, 6.45) is 3.39. The van der Waals surface area contributed by atoms with E-state index in [1.807, 2.05) is 6.92 Å². The zero-order valence-electron chi connectivity index (χ0n) is 11.3. The van der Waals surface area contributed by atoms with Crippen LogP contribution >= 0.6 is 0 Å². The van der Waals surface area contributed by atoms with Gasteiger partial charge >= 0.3 is 5.91 Å². The van der Waals surface area contributed by atoms with Crippen LogP contribution in [0.2, 0.25) is 0 Å². The van der Waals surface area contributed by atoms with Crippen molar-refractivity contribution in [3.8, 4) is 0 Å². The van der Waals surface area contributed by atoms with Gasteiger partial charge in [-0.25, -0.2) is 5.48 Å². The fourth-order valence-corrected chi connectivity index (χ4v) is 2.05. The fraction of sp³-hybridized carbons (Fsp3) is 0.385. The van der Waals surface area contributed by atoms with Crippen LogP contribution in [0.15, 0.2) is 30.2 Å². The highest BCUT2D eigenvalue weighted by atomic mass is 16.5. The molecular formula is C13H17N3O4. The number of nitrogens with one attached hydrogen (secondary N) is 2. The average molecular weight is 279 g/mol. The van der Waals surface area contributed by atoms with Crippen LogP contribution in [0.3, 0.4) is 0 Å². The first kappa shape index (κ1) is 14.1. The molecule has 2 heterocycles. The summed E-state index contributed by atoms with van der Waals surface area (Å²) in [6, 6.07) is 3.33. The first-order valence-corrected chi connectivity index (χ1v) is 6.24. The van der Waals surface area contributed by atoms with Crippen molar-refractivity contribution in [2.75, 3.05) is 6.61 Å². The maximum atomic E-state index is 12.1. The maximum absolute atomic E-state index is 12.1. The van der Waals surface area contributed by atoms with Gasteiger partial charge in [-0.2, -0.15) is 0 Å². The Balaban J connectivity index is 1.98. The minimum absolute atomic E-state index is 0.0671. The molecule has 0 saturated carbocycles. The van der Waals surface area contributed by atoms with Crippen molar-refractivity contribution in [3.05, 3.63) is 35.9 Å². The van der Waals surface area contributed by atoms with Crippen molar-refractivity contribution in [1.29, 1.82) is 0 Å². The van der Waals surface area contributed by atoms with Crippen molar-refractivity contribution in [2.24, 2.45) is 13.0 Å². The Morgan fingerprint density at radius 3 is 2.85 bits per heavy atom. The van der Waals surface area contributed by atoms with Gasteiger partial charge in [0.15, 0.2) is 5.76 Å². The molecule has 7 heteroatoms. The van der Waals surface area contributed by atoms with E-state index in [1.54, 1.807) is 36.0 Å². The van der Waals surface area contributed by atoms with Crippen molar-refractivity contribution in [3.63, 3.8) is 0 Å². The lowest BCUT2D eigenvalue weighted by Gasteiger charge is -2.18. The predicted molar refractivity (Wildman–Crippen MR) is 69.8 cm³/mol. The van der Waals surface area contributed by atoms with Crippen LogP contribution in [-0.2, 0) is 16.6 Å². The third kappa shape index (κ3) is 2.83. The number of aromatic nitrogens is 1. The van der Waals surface area contributed by atoms with Gasteiger partial charge < -0.3 is 14.6 Å². The van der Waals surface area contributed by atoms with Gasteiger partial charge in [-0.05, 0) is 25.1 Å². The number of hydroxylamine groups is 1. The van der Waals surface area contributed by atoms with Crippen LogP contribution in [-0.4, -0.2) is 34.2 Å². The number of aryl methyl sites for hydroxylation is 1. The number of nitrogens with zero attached hydrogens (tertiary/aromatic N) is 1. The van der Waals surface area contributed by atoms with E-state index < -0.39 is 5.91 Å². The maximum Gasteiger partial charge on any atom is 0.309 e. The molecule has 0 radical (unpaired) electrons. The molecule has 1 aliphatic rings. The number of amides is 2. The van der Waals surface area contributed by atoms with Crippen LogP contribution in [0.25, 0.3) is 0 Å². The van der Waals surface area contributed by atoms with Crippen LogP contribution in [0.5, 0.6) is 0 Å². The summed E-state index contributed by atoms with van der Waals surface area (Å²) in [5, 5.41) is 11.4. The van der Waals surface area contributed by atoms with Gasteiger partial charge in [0.2, 0.25) is 0 Å². The summed E-state index contributed by atoms with van der Waals surface area (Å²) >= 11 is 0. The second kappa shape index (κ2) is 5.79. The van der Waals surface area contributed by atoms with E-state index in [1.165, 1.54) is 5.48 Å². The molecule has 20 heavy (non-hydrogen) atoms. The Labute approximate surface area is 116 Å². The smallest absolute Gasteiger partial charge is 0.309 e. The molecule has 1 aromatic heterocycles. The molecule has 1 aliphatic heterocycles. The highest BCUT2D eigenvalue weighted by Gasteiger charge is 2.27.